The van der Waals surface area contributed by atoms with Crippen LogP contribution in [0.5, 0.6) is 0 Å². The summed E-state index contributed by atoms with van der Waals surface area (Å²) in [4.78, 5) is 16.4. The standard InChI is InChI=1S/C17H21N3OS.ClH/c1-18-9-3-6-16(21)20-17-19-15(11-22-17)14-8-7-12-4-2-5-13(12)10-14;/h7-8,10-11,18H,2-6,9H2,1H3,(H,19,20,21);1H. The van der Waals surface area contributed by atoms with Crippen molar-refractivity contribution in [2.24, 2.45) is 0 Å². The van der Waals surface area contributed by atoms with E-state index in [-0.39, 0.29) is 18.3 Å². The molecule has 6 heteroatoms. The number of carbonyl (C=O) groups excluding carboxylic acids is 1. The molecule has 23 heavy (non-hydrogen) atoms. The van der Waals surface area contributed by atoms with Crippen LogP contribution in [0, 0.1) is 0 Å². The van der Waals surface area contributed by atoms with Crippen molar-refractivity contribution in [2.45, 2.75) is 32.1 Å². The van der Waals surface area contributed by atoms with Crippen molar-refractivity contribution in [1.29, 1.82) is 0 Å². The summed E-state index contributed by atoms with van der Waals surface area (Å²) in [6, 6.07) is 6.60. The quantitative estimate of drug-likeness (QED) is 0.781. The number of benzene rings is 1. The second-order valence-electron chi connectivity index (χ2n) is 5.63. The number of anilines is 1. The Kier molecular flexibility index (Phi) is 6.57. The van der Waals surface area contributed by atoms with Crippen LogP contribution in [-0.2, 0) is 17.6 Å². The molecule has 1 heterocycles. The summed E-state index contributed by atoms with van der Waals surface area (Å²) in [5.41, 5.74) is 5.01. The number of hydrogen-bond donors (Lipinski definition) is 2. The third kappa shape index (κ3) is 4.53. The van der Waals surface area contributed by atoms with Gasteiger partial charge < -0.3 is 10.6 Å². The van der Waals surface area contributed by atoms with Crippen molar-refractivity contribution in [3.8, 4) is 11.3 Å². The molecule has 0 saturated heterocycles. The van der Waals surface area contributed by atoms with Gasteiger partial charge in [-0.15, -0.1) is 23.7 Å². The minimum atomic E-state index is 0. The summed E-state index contributed by atoms with van der Waals surface area (Å²) in [5, 5.41) is 8.62. The van der Waals surface area contributed by atoms with Gasteiger partial charge in [-0.1, -0.05) is 12.1 Å². The normalized spacial score (nSPS) is 12.6. The van der Waals surface area contributed by atoms with Gasteiger partial charge >= 0.3 is 0 Å². The average Bonchev–Trinajstić information content (AvgIpc) is 3.15. The highest BCUT2D eigenvalue weighted by Gasteiger charge is 2.13. The molecule has 0 spiro atoms. The van der Waals surface area contributed by atoms with Gasteiger partial charge in [-0.25, -0.2) is 4.98 Å². The van der Waals surface area contributed by atoms with Gasteiger partial charge in [-0.05, 0) is 56.5 Å². The number of nitrogens with one attached hydrogen (secondary N) is 2. The summed E-state index contributed by atoms with van der Waals surface area (Å²) in [5.74, 6) is 0.0325. The van der Waals surface area contributed by atoms with Crippen molar-refractivity contribution < 1.29 is 4.79 Å². The predicted octanol–water partition coefficient (Wildman–Crippen LogP) is 3.66. The molecule has 0 atom stereocenters. The first kappa shape index (κ1) is 17.9. The predicted molar refractivity (Wildman–Crippen MR) is 98.6 cm³/mol. The molecule has 1 aromatic carbocycles. The Balaban J connectivity index is 0.00000192. The van der Waals surface area contributed by atoms with Crippen LogP contribution in [0.1, 0.15) is 30.4 Å². The fraction of sp³-hybridized carbons (Fsp3) is 0.412. The summed E-state index contributed by atoms with van der Waals surface area (Å²) >= 11 is 1.49. The SMILES string of the molecule is CNCCCC(=O)Nc1nc(-c2ccc3c(c2)CCC3)cs1.Cl. The number of halogens is 1. The average molecular weight is 352 g/mol. The van der Waals surface area contributed by atoms with Crippen LogP contribution in [0.3, 0.4) is 0 Å². The zero-order valence-corrected chi connectivity index (χ0v) is 14.9. The van der Waals surface area contributed by atoms with E-state index < -0.39 is 0 Å². The number of aromatic nitrogens is 1. The van der Waals surface area contributed by atoms with E-state index in [1.807, 2.05) is 12.4 Å². The Bertz CT molecular complexity index is 672. The summed E-state index contributed by atoms with van der Waals surface area (Å²) in [7, 11) is 1.89. The Labute approximate surface area is 147 Å². The van der Waals surface area contributed by atoms with Crippen LogP contribution in [0.2, 0.25) is 0 Å². The van der Waals surface area contributed by atoms with E-state index in [0.29, 0.717) is 11.6 Å². The Hall–Kier alpha value is -1.43. The van der Waals surface area contributed by atoms with E-state index >= 15 is 0 Å². The van der Waals surface area contributed by atoms with Crippen LogP contribution in [0.15, 0.2) is 23.6 Å². The number of thiazole rings is 1. The lowest BCUT2D eigenvalue weighted by molar-refractivity contribution is -0.116. The molecule has 0 fully saturated rings. The lowest BCUT2D eigenvalue weighted by atomic mass is 10.1. The number of nitrogens with zero attached hydrogens (tertiary/aromatic N) is 1. The molecule has 0 radical (unpaired) electrons. The molecule has 4 nitrogen and oxygen atoms in total. The zero-order valence-electron chi connectivity index (χ0n) is 13.2. The third-order valence-corrected chi connectivity index (χ3v) is 4.73. The number of hydrogen-bond acceptors (Lipinski definition) is 4. The molecule has 0 bridgehead atoms. The van der Waals surface area contributed by atoms with Crippen molar-refractivity contribution in [1.82, 2.24) is 10.3 Å². The lowest BCUT2D eigenvalue weighted by Crippen LogP contribution is -2.15. The Morgan fingerprint density at radius 1 is 1.30 bits per heavy atom. The molecule has 1 aliphatic carbocycles. The largest absolute Gasteiger partial charge is 0.320 e. The Morgan fingerprint density at radius 3 is 2.96 bits per heavy atom. The molecule has 0 saturated carbocycles. The minimum Gasteiger partial charge on any atom is -0.320 e. The maximum atomic E-state index is 11.8. The van der Waals surface area contributed by atoms with E-state index in [1.165, 1.54) is 41.7 Å². The van der Waals surface area contributed by atoms with Crippen LogP contribution in [-0.4, -0.2) is 24.5 Å². The summed E-state index contributed by atoms with van der Waals surface area (Å²) in [6.45, 7) is 0.853. The highest BCUT2D eigenvalue weighted by atomic mass is 35.5. The highest BCUT2D eigenvalue weighted by molar-refractivity contribution is 7.14. The van der Waals surface area contributed by atoms with Crippen LogP contribution in [0.4, 0.5) is 5.13 Å². The highest BCUT2D eigenvalue weighted by Crippen LogP contribution is 2.30. The van der Waals surface area contributed by atoms with Crippen molar-refractivity contribution in [3.05, 3.63) is 34.7 Å². The van der Waals surface area contributed by atoms with E-state index in [4.69, 9.17) is 0 Å². The topological polar surface area (TPSA) is 54.0 Å². The molecule has 3 rings (SSSR count). The van der Waals surface area contributed by atoms with E-state index in [9.17, 15) is 4.79 Å². The van der Waals surface area contributed by atoms with E-state index in [1.54, 1.807) is 0 Å². The molecule has 1 amide bonds. The monoisotopic (exact) mass is 351 g/mol. The smallest absolute Gasteiger partial charge is 0.226 e. The zero-order chi connectivity index (χ0) is 15.4. The van der Waals surface area contributed by atoms with Crippen LogP contribution < -0.4 is 10.6 Å². The van der Waals surface area contributed by atoms with Gasteiger partial charge in [0.2, 0.25) is 5.91 Å². The number of rotatable bonds is 6. The molecule has 2 aromatic rings. The first-order valence-corrected chi connectivity index (χ1v) is 8.66. The van der Waals surface area contributed by atoms with Gasteiger partial charge in [-0.2, -0.15) is 0 Å². The fourth-order valence-corrected chi connectivity index (χ4v) is 3.54. The first-order valence-electron chi connectivity index (χ1n) is 7.78. The number of fused-ring (bicyclic) bond motifs is 1. The number of aryl methyl sites for hydroxylation is 2. The van der Waals surface area contributed by atoms with Gasteiger partial charge in [-0.3, -0.25) is 4.79 Å². The van der Waals surface area contributed by atoms with Crippen molar-refractivity contribution in [3.63, 3.8) is 0 Å². The summed E-state index contributed by atoms with van der Waals surface area (Å²) in [6.07, 6.45) is 4.98. The van der Waals surface area contributed by atoms with Crippen molar-refractivity contribution >= 4 is 34.8 Å². The van der Waals surface area contributed by atoms with E-state index in [2.05, 4.69) is 33.8 Å². The van der Waals surface area contributed by atoms with Gasteiger partial charge in [0.05, 0.1) is 5.69 Å². The molecule has 0 unspecified atom stereocenters. The maximum Gasteiger partial charge on any atom is 0.226 e. The minimum absolute atomic E-state index is 0. The molecule has 0 aliphatic heterocycles. The molecular weight excluding hydrogens is 330 g/mol. The maximum absolute atomic E-state index is 11.8. The third-order valence-electron chi connectivity index (χ3n) is 3.98. The molecular formula is C17H22ClN3OS. The molecule has 124 valence electrons. The second kappa shape index (κ2) is 8.43. The lowest BCUT2D eigenvalue weighted by Gasteiger charge is -2.03. The molecule has 2 N–H and O–H groups in total. The first-order chi connectivity index (χ1) is 10.8. The molecule has 1 aliphatic rings. The fourth-order valence-electron chi connectivity index (χ4n) is 2.80. The number of amides is 1. The van der Waals surface area contributed by atoms with Gasteiger partial charge in [0, 0.05) is 17.4 Å². The van der Waals surface area contributed by atoms with Gasteiger partial charge in [0.15, 0.2) is 5.13 Å². The van der Waals surface area contributed by atoms with Crippen LogP contribution in [0.25, 0.3) is 11.3 Å². The number of carbonyl (C=O) groups is 1. The molecule has 1 aromatic heterocycles. The van der Waals surface area contributed by atoms with Crippen molar-refractivity contribution in [2.75, 3.05) is 18.9 Å². The van der Waals surface area contributed by atoms with Gasteiger partial charge in [0.1, 0.15) is 0 Å². The second-order valence-corrected chi connectivity index (χ2v) is 6.49. The van der Waals surface area contributed by atoms with Crippen LogP contribution >= 0.6 is 23.7 Å². The Morgan fingerprint density at radius 2 is 2.13 bits per heavy atom. The van der Waals surface area contributed by atoms with E-state index in [0.717, 1.165) is 24.2 Å². The van der Waals surface area contributed by atoms with Gasteiger partial charge in [0.25, 0.3) is 0 Å². The summed E-state index contributed by atoms with van der Waals surface area (Å²) < 4.78 is 0.